The molecule has 1 N–H and O–H groups in total. The Hall–Kier alpha value is -1.61. The number of likely N-dealkylation sites (N-methyl/N-ethyl adjacent to an activating group) is 1. The average molecular weight is 257 g/mol. The number of nitrogens with one attached hydrogen (secondary N) is 1. The number of aryl methyl sites for hydroxylation is 1. The van der Waals surface area contributed by atoms with E-state index in [9.17, 15) is 0 Å². The second-order valence-corrected chi connectivity index (χ2v) is 4.91. The average Bonchev–Trinajstić information content (AvgIpc) is 2.86. The van der Waals surface area contributed by atoms with Gasteiger partial charge in [0.2, 0.25) is 0 Å². The number of rotatable bonds is 6. The van der Waals surface area contributed by atoms with Crippen molar-refractivity contribution in [3.8, 4) is 0 Å². The maximum Gasteiger partial charge on any atom is 0.0537 e. The molecule has 0 bridgehead atoms. The Morgan fingerprint density at radius 2 is 1.89 bits per heavy atom. The second-order valence-electron chi connectivity index (χ2n) is 4.91. The summed E-state index contributed by atoms with van der Waals surface area (Å²) in [7, 11) is 1.97. The Morgan fingerprint density at radius 1 is 1.16 bits per heavy atom. The molecule has 2 unspecified atom stereocenters. The third-order valence-electron chi connectivity index (χ3n) is 3.58. The zero-order valence-corrected chi connectivity index (χ0v) is 12.0. The van der Waals surface area contributed by atoms with Crippen molar-refractivity contribution < 1.29 is 0 Å². The maximum atomic E-state index is 4.31. The van der Waals surface area contributed by atoms with Crippen LogP contribution in [0.4, 0.5) is 0 Å². The standard InChI is InChI=1S/C16H23N3/c1-4-15(13-9-7-6-8-10-13)16(17-5-2)14-11-18-19(3)12-14/h6-12,15-17H,4-5H2,1-3H3. The first-order valence-electron chi connectivity index (χ1n) is 7.03. The van der Waals surface area contributed by atoms with Crippen molar-refractivity contribution in [2.75, 3.05) is 6.54 Å². The molecule has 0 saturated carbocycles. The Bertz CT molecular complexity index is 490. The van der Waals surface area contributed by atoms with Crippen LogP contribution in [-0.4, -0.2) is 16.3 Å². The van der Waals surface area contributed by atoms with E-state index in [0.29, 0.717) is 12.0 Å². The third-order valence-corrected chi connectivity index (χ3v) is 3.58. The van der Waals surface area contributed by atoms with E-state index in [1.54, 1.807) is 0 Å². The van der Waals surface area contributed by atoms with E-state index in [-0.39, 0.29) is 0 Å². The molecule has 0 amide bonds. The fraction of sp³-hybridized carbons (Fsp3) is 0.438. The van der Waals surface area contributed by atoms with Gasteiger partial charge < -0.3 is 5.32 Å². The summed E-state index contributed by atoms with van der Waals surface area (Å²) in [6.45, 7) is 5.36. The van der Waals surface area contributed by atoms with Crippen LogP contribution in [0.15, 0.2) is 42.7 Å². The number of nitrogens with zero attached hydrogens (tertiary/aromatic N) is 2. The first-order valence-corrected chi connectivity index (χ1v) is 7.03. The molecule has 0 saturated heterocycles. The Balaban J connectivity index is 2.31. The van der Waals surface area contributed by atoms with E-state index in [1.165, 1.54) is 11.1 Å². The molecule has 0 aliphatic heterocycles. The molecule has 1 aromatic carbocycles. The summed E-state index contributed by atoms with van der Waals surface area (Å²) in [6.07, 6.45) is 5.19. The number of hydrogen-bond acceptors (Lipinski definition) is 2. The molecule has 2 rings (SSSR count). The summed E-state index contributed by atoms with van der Waals surface area (Å²) in [5.74, 6) is 0.477. The fourth-order valence-corrected chi connectivity index (χ4v) is 2.68. The SMILES string of the molecule is CCNC(c1cnn(C)c1)C(CC)c1ccccc1. The van der Waals surface area contributed by atoms with E-state index in [1.807, 2.05) is 17.9 Å². The number of aromatic nitrogens is 2. The van der Waals surface area contributed by atoms with Gasteiger partial charge in [0.25, 0.3) is 0 Å². The number of benzene rings is 1. The molecule has 1 heterocycles. The van der Waals surface area contributed by atoms with Gasteiger partial charge in [-0.15, -0.1) is 0 Å². The van der Waals surface area contributed by atoms with E-state index in [4.69, 9.17) is 0 Å². The maximum absolute atomic E-state index is 4.31. The van der Waals surface area contributed by atoms with Crippen molar-refractivity contribution in [3.05, 3.63) is 53.9 Å². The van der Waals surface area contributed by atoms with E-state index < -0.39 is 0 Å². The van der Waals surface area contributed by atoms with Crippen molar-refractivity contribution in [2.45, 2.75) is 32.2 Å². The van der Waals surface area contributed by atoms with Crippen LogP contribution in [0, 0.1) is 0 Å². The smallest absolute Gasteiger partial charge is 0.0537 e. The van der Waals surface area contributed by atoms with Crippen LogP contribution in [0.2, 0.25) is 0 Å². The molecule has 0 radical (unpaired) electrons. The predicted octanol–water partition coefficient (Wildman–Crippen LogP) is 3.26. The first kappa shape index (κ1) is 13.8. The van der Waals surface area contributed by atoms with Gasteiger partial charge >= 0.3 is 0 Å². The van der Waals surface area contributed by atoms with Crippen LogP contribution in [0.5, 0.6) is 0 Å². The molecule has 0 fully saturated rings. The molecule has 3 nitrogen and oxygen atoms in total. The summed E-state index contributed by atoms with van der Waals surface area (Å²) >= 11 is 0. The van der Waals surface area contributed by atoms with Crippen molar-refractivity contribution in [2.24, 2.45) is 7.05 Å². The fourth-order valence-electron chi connectivity index (χ4n) is 2.68. The van der Waals surface area contributed by atoms with Gasteiger partial charge in [0.15, 0.2) is 0 Å². The molecule has 2 aromatic rings. The van der Waals surface area contributed by atoms with E-state index >= 15 is 0 Å². The Morgan fingerprint density at radius 3 is 2.42 bits per heavy atom. The number of hydrogen-bond donors (Lipinski definition) is 1. The van der Waals surface area contributed by atoms with Crippen LogP contribution in [0.3, 0.4) is 0 Å². The van der Waals surface area contributed by atoms with Crippen LogP contribution < -0.4 is 5.32 Å². The molecular weight excluding hydrogens is 234 g/mol. The van der Waals surface area contributed by atoms with Crippen molar-refractivity contribution in [1.82, 2.24) is 15.1 Å². The lowest BCUT2D eigenvalue weighted by atomic mass is 9.86. The van der Waals surface area contributed by atoms with Crippen LogP contribution in [-0.2, 0) is 7.05 Å². The summed E-state index contributed by atoms with van der Waals surface area (Å²) in [5.41, 5.74) is 2.65. The molecule has 0 aliphatic rings. The summed E-state index contributed by atoms with van der Waals surface area (Å²) < 4.78 is 1.87. The molecule has 1 aromatic heterocycles. The van der Waals surface area contributed by atoms with Gasteiger partial charge in [0.1, 0.15) is 0 Å². The van der Waals surface area contributed by atoms with Crippen LogP contribution >= 0.6 is 0 Å². The van der Waals surface area contributed by atoms with Gasteiger partial charge in [-0.2, -0.15) is 5.10 Å². The van der Waals surface area contributed by atoms with Crippen LogP contribution in [0.1, 0.15) is 43.4 Å². The predicted molar refractivity (Wildman–Crippen MR) is 79.1 cm³/mol. The minimum absolute atomic E-state index is 0.325. The van der Waals surface area contributed by atoms with E-state index in [2.05, 4.69) is 60.8 Å². The lowest BCUT2D eigenvalue weighted by molar-refractivity contribution is 0.445. The van der Waals surface area contributed by atoms with Gasteiger partial charge in [-0.3, -0.25) is 4.68 Å². The highest BCUT2D eigenvalue weighted by Gasteiger charge is 2.23. The highest BCUT2D eigenvalue weighted by atomic mass is 15.2. The quantitative estimate of drug-likeness (QED) is 0.860. The first-order chi connectivity index (χ1) is 9.26. The molecular formula is C16H23N3. The van der Waals surface area contributed by atoms with Crippen LogP contribution in [0.25, 0.3) is 0 Å². The van der Waals surface area contributed by atoms with Crippen molar-refractivity contribution in [3.63, 3.8) is 0 Å². The van der Waals surface area contributed by atoms with Gasteiger partial charge in [-0.05, 0) is 18.5 Å². The topological polar surface area (TPSA) is 29.9 Å². The summed E-state index contributed by atoms with van der Waals surface area (Å²) in [4.78, 5) is 0. The zero-order chi connectivity index (χ0) is 13.7. The van der Waals surface area contributed by atoms with Gasteiger partial charge in [0.05, 0.1) is 6.20 Å². The van der Waals surface area contributed by atoms with E-state index in [0.717, 1.165) is 13.0 Å². The minimum atomic E-state index is 0.325. The van der Waals surface area contributed by atoms with Crippen molar-refractivity contribution in [1.29, 1.82) is 0 Å². The lowest BCUT2D eigenvalue weighted by Gasteiger charge is -2.26. The molecule has 0 aliphatic carbocycles. The Labute approximate surface area is 115 Å². The largest absolute Gasteiger partial charge is 0.310 e. The second kappa shape index (κ2) is 6.53. The zero-order valence-electron chi connectivity index (χ0n) is 12.0. The summed E-state index contributed by atoms with van der Waals surface area (Å²) in [5, 5.41) is 7.92. The normalized spacial score (nSPS) is 14.3. The van der Waals surface area contributed by atoms with Gasteiger partial charge in [-0.1, -0.05) is 44.2 Å². The lowest BCUT2D eigenvalue weighted by Crippen LogP contribution is -2.26. The highest BCUT2D eigenvalue weighted by molar-refractivity contribution is 5.25. The highest BCUT2D eigenvalue weighted by Crippen LogP contribution is 2.33. The molecule has 2 atom stereocenters. The molecule has 3 heteroatoms. The van der Waals surface area contributed by atoms with Gasteiger partial charge in [-0.25, -0.2) is 0 Å². The third kappa shape index (κ3) is 3.24. The Kier molecular flexibility index (Phi) is 4.74. The monoisotopic (exact) mass is 257 g/mol. The van der Waals surface area contributed by atoms with Gasteiger partial charge in [0, 0.05) is 30.8 Å². The minimum Gasteiger partial charge on any atom is -0.310 e. The molecule has 19 heavy (non-hydrogen) atoms. The molecule has 102 valence electrons. The summed E-state index contributed by atoms with van der Waals surface area (Å²) in [6, 6.07) is 11.1. The van der Waals surface area contributed by atoms with Crippen molar-refractivity contribution >= 4 is 0 Å². The molecule has 0 spiro atoms.